The number of aromatic hydroxyl groups is 3. The Labute approximate surface area is 680 Å². The number of benzene rings is 5. The van der Waals surface area contributed by atoms with Gasteiger partial charge in [-0.25, -0.2) is 9.78 Å². The molecule has 23 atom stereocenters. The first-order valence-electron chi connectivity index (χ1n) is 37.2. The predicted molar refractivity (Wildman–Crippen MR) is 403 cm³/mol. The van der Waals surface area contributed by atoms with Crippen molar-refractivity contribution in [3.63, 3.8) is 0 Å². The Kier molecular flexibility index (Phi) is 26.7. The number of primary amides is 1. The zero-order chi connectivity index (χ0) is 85.4. The van der Waals surface area contributed by atoms with Crippen LogP contribution in [-0.4, -0.2) is 254 Å². The number of nitrogens with one attached hydrogen (secondary N) is 9. The lowest BCUT2D eigenvalue weighted by Gasteiger charge is -2.46. The second-order valence-corrected chi connectivity index (χ2v) is 30.7. The average Bonchev–Trinajstić information content (AvgIpc) is 1.07. The third-order valence-electron chi connectivity index (χ3n) is 21.1. The molecule has 1 aromatic heterocycles. The Hall–Kier alpha value is -10.2. The number of rotatable bonds is 19. The second kappa shape index (κ2) is 36.2. The van der Waals surface area contributed by atoms with Gasteiger partial charge >= 0.3 is 5.97 Å². The molecule has 11 bridgehead atoms. The number of hydrogen-bond donors (Lipinski definition) is 23. The molecule has 0 spiro atoms. The number of carbonyl (C=O) groups excluding carboxylic acids is 7. The highest BCUT2D eigenvalue weighted by molar-refractivity contribution is 6.32. The van der Waals surface area contributed by atoms with Crippen LogP contribution in [0.1, 0.15) is 111 Å². The molecule has 8 aliphatic rings. The molecule has 636 valence electrons. The smallest absolute Gasteiger partial charge is 0.330 e. The topological polar surface area (TPSA) is 624 Å². The van der Waals surface area contributed by atoms with Crippen molar-refractivity contribution in [1.82, 2.24) is 52.5 Å². The normalized spacial score (nSPS) is 30.9. The number of aromatic nitrogens is 2. The standard InChI is InChI=1S/C76H89Cl2N11O29/c1-27(2)12-39(80-5)67(103)88-55-57(96)30-7-10-43(37(77)14-30)112-45-16-32-17-46(64(45)117-75-62(101)60(99)65(48(25-91)115-75)118-74-61(100)59(98)58(97)47(24-90)114-74)113-44-11-8-31(15-38(44)78)63(116-50-21-76(4,66(102)28(3)111-50)83-23-33-22-81-26-82-33)56-72(108)87-54(73(109)110)36-18-34(92)19-42(94)51(36)35-13-29(6-9-41(35)93)52(69(105)89-56)86-70(106)53(32)85-68(104)40(20-49(79)95)84-71(55)107/h6-11,13-19,22,26-28,39-40,47-48,50,52-63,65-66,74-75,80,83,90-94,96-102H,12,20-21,23-25H2,1-5H3,(H2,79,95)(H,81,82)(H,84,107)(H,85,104)(H,86,106)(H,87,108)(H,88,103)(H,89,105)(H,109,110)/t28-,39+,40-,47+,48+,50-,52+,53+,54+,55+,56-,57+,58-,59-,60+,61+,62+,63?,65+,66-,74-,75-,76-/m0/s1. The molecule has 40 nitrogen and oxygen atoms in total. The van der Waals surface area contributed by atoms with E-state index in [9.17, 15) is 80.8 Å². The van der Waals surface area contributed by atoms with Crippen LogP contribution in [0.15, 0.2) is 91.4 Å². The number of phenols is 3. The first-order valence-corrected chi connectivity index (χ1v) is 37.9. The van der Waals surface area contributed by atoms with E-state index in [1.807, 2.05) is 0 Å². The zero-order valence-corrected chi connectivity index (χ0v) is 64.8. The highest BCUT2D eigenvalue weighted by atomic mass is 35.5. The van der Waals surface area contributed by atoms with Gasteiger partial charge < -0.3 is 158 Å². The monoisotopic (exact) mass is 1690 g/mol. The summed E-state index contributed by atoms with van der Waals surface area (Å²) in [6.45, 7) is 4.78. The van der Waals surface area contributed by atoms with E-state index in [4.69, 9.17) is 66.8 Å². The van der Waals surface area contributed by atoms with E-state index in [2.05, 4.69) is 52.5 Å². The van der Waals surface area contributed by atoms with Gasteiger partial charge in [0.05, 0.1) is 54.3 Å². The molecular formula is C76H89Cl2N11O29. The van der Waals surface area contributed by atoms with Crippen LogP contribution in [-0.2, 0) is 68.6 Å². The number of carbonyl (C=O) groups is 8. The SMILES string of the molecule is CN[C@H](CC(C)C)C(=O)N[C@H]1C(=O)N[C@@H](CC(N)=O)C(=O)N[C@H]2C(=O)N[C@H]3C(=O)N[C@H](C(=O)N[C@@H](C(=O)O)c4cc(O)cc(O)c4-c4cc3ccc4O)C(O[C@H]3C[C@](C)(NCc4cnc[nH]4)[C@@H](O)[C@H](C)O3)c3ccc(c(Cl)c3)Oc3cc2cc(c3O[C@@H]2O[C@H](CO)[C@@H](O[C@@H]3O[C@H](CO)[C@H](O)[C@H](O)[C@H]3O)[C@H](O)[C@H]2O)Oc2ccc(cc2Cl)[C@H]1O. The summed E-state index contributed by atoms with van der Waals surface area (Å²) in [7, 11) is 1.46. The molecule has 118 heavy (non-hydrogen) atoms. The van der Waals surface area contributed by atoms with Gasteiger partial charge in [-0.15, -0.1) is 0 Å². The summed E-state index contributed by atoms with van der Waals surface area (Å²) in [6, 6.07) is -1.07. The fraction of sp³-hybridized carbons (Fsp3) is 0.461. The fourth-order valence-corrected chi connectivity index (χ4v) is 15.3. The number of aromatic amines is 1. The average molecular weight is 1690 g/mol. The lowest BCUT2D eigenvalue weighted by Crippen LogP contribution is -2.65. The van der Waals surface area contributed by atoms with E-state index in [1.54, 1.807) is 20.8 Å². The van der Waals surface area contributed by atoms with Gasteiger partial charge in [0.1, 0.15) is 120 Å². The number of nitrogens with zero attached hydrogens (tertiary/aromatic N) is 1. The molecule has 9 heterocycles. The number of ether oxygens (including phenoxy) is 8. The second-order valence-electron chi connectivity index (χ2n) is 29.9. The molecule has 42 heteroatoms. The molecule has 0 aliphatic carbocycles. The summed E-state index contributed by atoms with van der Waals surface area (Å²) in [5, 5.41) is 168. The van der Waals surface area contributed by atoms with Crippen LogP contribution in [0, 0.1) is 5.92 Å². The first-order chi connectivity index (χ1) is 56.0. The van der Waals surface area contributed by atoms with Gasteiger partial charge in [0.2, 0.25) is 53.4 Å². The molecule has 3 fully saturated rings. The van der Waals surface area contributed by atoms with Crippen LogP contribution in [0.4, 0.5) is 0 Å². The maximum absolute atomic E-state index is 16.4. The number of fused-ring (bicyclic) bond motifs is 15. The van der Waals surface area contributed by atoms with E-state index in [0.29, 0.717) is 5.69 Å². The minimum absolute atomic E-state index is 0.0786. The van der Waals surface area contributed by atoms with Crippen LogP contribution in [0.5, 0.6) is 46.0 Å². The fourth-order valence-electron chi connectivity index (χ4n) is 14.8. The number of phenolic OH excluding ortho intramolecular Hbond substituents is 3. The van der Waals surface area contributed by atoms with Gasteiger partial charge in [0.15, 0.2) is 30.1 Å². The molecular weight excluding hydrogens is 1600 g/mol. The van der Waals surface area contributed by atoms with Crippen LogP contribution >= 0.6 is 23.2 Å². The number of H-pyrrole nitrogens is 1. The molecule has 14 rings (SSSR count). The van der Waals surface area contributed by atoms with Gasteiger partial charge in [-0.2, -0.15) is 0 Å². The minimum Gasteiger partial charge on any atom is -0.508 e. The Morgan fingerprint density at radius 1 is 0.678 bits per heavy atom. The van der Waals surface area contributed by atoms with Gasteiger partial charge in [-0.05, 0) is 110 Å². The number of nitrogens with two attached hydrogens (primary N) is 1. The molecule has 8 aliphatic heterocycles. The third-order valence-corrected chi connectivity index (χ3v) is 21.7. The van der Waals surface area contributed by atoms with Crippen molar-refractivity contribution in [2.24, 2.45) is 11.7 Å². The van der Waals surface area contributed by atoms with Crippen LogP contribution in [0.2, 0.25) is 10.0 Å². The molecule has 0 saturated carbocycles. The van der Waals surface area contributed by atoms with Gasteiger partial charge in [-0.1, -0.05) is 55.2 Å². The quantitative estimate of drug-likeness (QED) is 0.0438. The first kappa shape index (κ1) is 87.1. The molecule has 7 amide bonds. The third kappa shape index (κ3) is 18.5. The van der Waals surface area contributed by atoms with Crippen molar-refractivity contribution in [2.45, 2.75) is 193 Å². The van der Waals surface area contributed by atoms with E-state index in [0.717, 1.165) is 66.7 Å². The lowest BCUT2D eigenvalue weighted by atomic mass is 9.85. The zero-order valence-electron chi connectivity index (χ0n) is 63.3. The van der Waals surface area contributed by atoms with Crippen molar-refractivity contribution >= 4 is 70.5 Å². The Morgan fingerprint density at radius 2 is 1.31 bits per heavy atom. The van der Waals surface area contributed by atoms with Crippen molar-refractivity contribution < 1.29 is 143 Å². The van der Waals surface area contributed by atoms with Crippen LogP contribution in [0.25, 0.3) is 11.1 Å². The van der Waals surface area contributed by atoms with Crippen molar-refractivity contribution in [3.05, 3.63) is 135 Å². The number of aliphatic hydroxyl groups excluding tert-OH is 9. The summed E-state index contributed by atoms with van der Waals surface area (Å²) in [5.74, 6) is -16.7. The maximum Gasteiger partial charge on any atom is 0.330 e. The number of carboxylic acids is 1. The number of halogens is 2. The van der Waals surface area contributed by atoms with Crippen molar-refractivity contribution in [3.8, 4) is 57.1 Å². The largest absolute Gasteiger partial charge is 0.508 e. The molecule has 0 radical (unpaired) electrons. The molecule has 24 N–H and O–H groups in total. The number of aliphatic hydroxyl groups is 9. The van der Waals surface area contributed by atoms with Crippen LogP contribution < -0.4 is 62.5 Å². The summed E-state index contributed by atoms with van der Waals surface area (Å²) in [5.41, 5.74) is 2.05. The van der Waals surface area contributed by atoms with E-state index < -0.39 is 291 Å². The highest BCUT2D eigenvalue weighted by Gasteiger charge is 2.53. The van der Waals surface area contributed by atoms with Crippen molar-refractivity contribution in [1.29, 1.82) is 0 Å². The van der Waals surface area contributed by atoms with Gasteiger partial charge in [0, 0.05) is 53.2 Å². The van der Waals surface area contributed by atoms with Gasteiger partial charge in [0.25, 0.3) is 0 Å². The summed E-state index contributed by atoms with van der Waals surface area (Å²) in [6.07, 6.45) is -26.6. The Morgan fingerprint density at radius 3 is 1.93 bits per heavy atom. The van der Waals surface area contributed by atoms with Crippen molar-refractivity contribution in [2.75, 3.05) is 20.3 Å². The maximum atomic E-state index is 16.4. The van der Waals surface area contributed by atoms with E-state index >= 15 is 24.0 Å². The Balaban J connectivity index is 1.09. The molecule has 6 aromatic rings. The van der Waals surface area contributed by atoms with E-state index in [1.165, 1.54) is 38.6 Å². The lowest BCUT2D eigenvalue weighted by molar-refractivity contribution is -0.352. The minimum atomic E-state index is -2.43. The van der Waals surface area contributed by atoms with Gasteiger partial charge in [-0.3, -0.25) is 33.6 Å². The van der Waals surface area contributed by atoms with E-state index in [-0.39, 0.29) is 36.4 Å². The summed E-state index contributed by atoms with van der Waals surface area (Å²) >= 11 is 14.5. The summed E-state index contributed by atoms with van der Waals surface area (Å²) < 4.78 is 50.5. The number of aliphatic carboxylic acids is 1. The highest BCUT2D eigenvalue weighted by Crippen LogP contribution is 2.50. The number of likely N-dealkylation sites (N-methyl/N-ethyl adjacent to an activating group) is 1. The number of carboxylic acid groups (broad SMARTS) is 1. The number of amides is 7. The molecule has 1 unspecified atom stereocenters. The molecule has 3 saturated heterocycles. The summed E-state index contributed by atoms with van der Waals surface area (Å²) in [4.78, 5) is 127. The van der Waals surface area contributed by atoms with Crippen LogP contribution in [0.3, 0.4) is 0 Å². The number of imidazole rings is 1. The molecule has 5 aromatic carbocycles. The Bertz CT molecular complexity index is 4760. The predicted octanol–water partition coefficient (Wildman–Crippen LogP) is -1.52. The number of hydrogen-bond acceptors (Lipinski definition) is 31.